The van der Waals surface area contributed by atoms with Gasteiger partial charge in [0.25, 0.3) is 5.91 Å². The fourth-order valence-electron chi connectivity index (χ4n) is 4.25. The first-order chi connectivity index (χ1) is 15.1. The van der Waals surface area contributed by atoms with Gasteiger partial charge in [-0.25, -0.2) is 4.39 Å². The molecule has 0 saturated heterocycles. The highest BCUT2D eigenvalue weighted by Crippen LogP contribution is 2.28. The van der Waals surface area contributed by atoms with E-state index in [4.69, 9.17) is 0 Å². The van der Waals surface area contributed by atoms with E-state index < -0.39 is 0 Å². The van der Waals surface area contributed by atoms with Gasteiger partial charge in [-0.3, -0.25) is 13.9 Å². The van der Waals surface area contributed by atoms with Gasteiger partial charge in [-0.05, 0) is 35.4 Å². The second-order valence-electron chi connectivity index (χ2n) is 7.81. The van der Waals surface area contributed by atoms with Gasteiger partial charge >= 0.3 is 0 Å². The van der Waals surface area contributed by atoms with Gasteiger partial charge in [-0.15, -0.1) is 10.2 Å². The van der Waals surface area contributed by atoms with Gasteiger partial charge in [-0.1, -0.05) is 24.3 Å². The van der Waals surface area contributed by atoms with Crippen molar-refractivity contribution in [2.24, 2.45) is 7.05 Å². The Hall–Kier alpha value is -4.07. The normalized spacial score (nSPS) is 13.5. The van der Waals surface area contributed by atoms with E-state index in [1.807, 2.05) is 49.6 Å². The molecule has 2 aromatic carbocycles. The maximum absolute atomic E-state index is 15.0. The van der Waals surface area contributed by atoms with E-state index in [1.165, 1.54) is 12.4 Å². The van der Waals surface area contributed by atoms with E-state index in [0.717, 1.165) is 27.6 Å². The smallest absolute Gasteiger partial charge is 0.271 e. The number of carbonyl (C=O) groups excluding carboxylic acids is 1. The van der Waals surface area contributed by atoms with Gasteiger partial charge in [0.05, 0.1) is 5.52 Å². The Morgan fingerprint density at radius 2 is 1.90 bits per heavy atom. The molecule has 1 aliphatic heterocycles. The standard InChI is InChI=1S/C23H17FN6O/c1-28-10-18-8-14(4-6-20(18)27-28)15-2-3-16(19(24)9-15)11-29-12-17-5-7-21-26-25-13-30(21)22(17)23(29)31/h2-10,13H,11-12H2,1H3. The zero-order valence-electron chi connectivity index (χ0n) is 16.7. The molecule has 3 aromatic heterocycles. The summed E-state index contributed by atoms with van der Waals surface area (Å²) >= 11 is 0. The summed E-state index contributed by atoms with van der Waals surface area (Å²) in [6.45, 7) is 0.631. The number of hydrogen-bond acceptors (Lipinski definition) is 4. The van der Waals surface area contributed by atoms with Crippen molar-refractivity contribution in [2.45, 2.75) is 13.1 Å². The lowest BCUT2D eigenvalue weighted by molar-refractivity contribution is 0.0760. The van der Waals surface area contributed by atoms with E-state index in [9.17, 15) is 9.18 Å². The Labute approximate surface area is 176 Å². The second kappa shape index (κ2) is 6.46. The number of fused-ring (bicyclic) bond motifs is 4. The minimum absolute atomic E-state index is 0.147. The van der Waals surface area contributed by atoms with E-state index in [-0.39, 0.29) is 18.3 Å². The van der Waals surface area contributed by atoms with E-state index in [1.54, 1.807) is 20.0 Å². The Morgan fingerprint density at radius 3 is 2.77 bits per heavy atom. The van der Waals surface area contributed by atoms with Crippen LogP contribution in [0.4, 0.5) is 4.39 Å². The molecule has 0 spiro atoms. The molecule has 0 bridgehead atoms. The largest absolute Gasteiger partial charge is 0.329 e. The van der Waals surface area contributed by atoms with Crippen LogP contribution in [0.5, 0.6) is 0 Å². The summed E-state index contributed by atoms with van der Waals surface area (Å²) in [6.07, 6.45) is 3.47. The van der Waals surface area contributed by atoms with Crippen molar-refractivity contribution in [1.82, 2.24) is 29.3 Å². The van der Waals surface area contributed by atoms with Crippen LogP contribution in [0.1, 0.15) is 21.6 Å². The number of pyridine rings is 1. The van der Waals surface area contributed by atoms with Crippen molar-refractivity contribution >= 4 is 22.5 Å². The molecule has 6 rings (SSSR count). The molecule has 0 radical (unpaired) electrons. The summed E-state index contributed by atoms with van der Waals surface area (Å²) in [5, 5.41) is 13.2. The number of hydrogen-bond donors (Lipinski definition) is 0. The average molecular weight is 412 g/mol. The third-order valence-electron chi connectivity index (χ3n) is 5.77. The van der Waals surface area contributed by atoms with Crippen LogP contribution in [-0.2, 0) is 20.1 Å². The summed E-state index contributed by atoms with van der Waals surface area (Å²) in [5.74, 6) is -0.479. The molecule has 0 saturated carbocycles. The minimum Gasteiger partial charge on any atom is -0.329 e. The van der Waals surface area contributed by atoms with Gasteiger partial charge in [0.1, 0.15) is 17.8 Å². The molecule has 0 unspecified atom stereocenters. The number of benzene rings is 2. The molecule has 0 fully saturated rings. The first-order valence-corrected chi connectivity index (χ1v) is 9.90. The number of carbonyl (C=O) groups is 1. The van der Waals surface area contributed by atoms with Crippen molar-refractivity contribution in [3.8, 4) is 11.1 Å². The van der Waals surface area contributed by atoms with Crippen molar-refractivity contribution in [3.63, 3.8) is 0 Å². The van der Waals surface area contributed by atoms with Crippen LogP contribution in [0.15, 0.2) is 61.1 Å². The van der Waals surface area contributed by atoms with Gasteiger partial charge in [0.2, 0.25) is 0 Å². The summed E-state index contributed by atoms with van der Waals surface area (Å²) in [6, 6.07) is 14.8. The Morgan fingerprint density at radius 1 is 1.06 bits per heavy atom. The van der Waals surface area contributed by atoms with Crippen molar-refractivity contribution in [1.29, 1.82) is 0 Å². The van der Waals surface area contributed by atoms with Crippen molar-refractivity contribution in [3.05, 3.63) is 83.7 Å². The predicted molar refractivity (Wildman–Crippen MR) is 113 cm³/mol. The molecule has 1 aliphatic rings. The second-order valence-corrected chi connectivity index (χ2v) is 7.81. The molecule has 1 amide bonds. The fraction of sp³-hybridized carbons (Fsp3) is 0.130. The van der Waals surface area contributed by atoms with E-state index >= 15 is 0 Å². The highest BCUT2D eigenvalue weighted by molar-refractivity contribution is 5.97. The Kier molecular flexibility index (Phi) is 3.70. The van der Waals surface area contributed by atoms with Crippen LogP contribution < -0.4 is 0 Å². The quantitative estimate of drug-likeness (QED) is 0.454. The molecule has 0 atom stereocenters. The maximum atomic E-state index is 15.0. The van der Waals surface area contributed by atoms with E-state index in [0.29, 0.717) is 23.4 Å². The van der Waals surface area contributed by atoms with Gasteiger partial charge in [0.15, 0.2) is 5.65 Å². The third-order valence-corrected chi connectivity index (χ3v) is 5.77. The monoisotopic (exact) mass is 412 g/mol. The summed E-state index contributed by atoms with van der Waals surface area (Å²) in [4.78, 5) is 14.6. The number of amides is 1. The van der Waals surface area contributed by atoms with Crippen LogP contribution in [-0.4, -0.2) is 35.2 Å². The van der Waals surface area contributed by atoms with Crippen LogP contribution >= 0.6 is 0 Å². The molecule has 7 nitrogen and oxygen atoms in total. The number of aromatic nitrogens is 5. The molecule has 31 heavy (non-hydrogen) atoms. The van der Waals surface area contributed by atoms with E-state index in [2.05, 4.69) is 15.3 Å². The lowest BCUT2D eigenvalue weighted by atomic mass is 10.0. The van der Waals surface area contributed by atoms with Gasteiger partial charge in [-0.2, -0.15) is 5.10 Å². The van der Waals surface area contributed by atoms with Crippen LogP contribution in [0, 0.1) is 5.82 Å². The van der Waals surface area contributed by atoms with Crippen molar-refractivity contribution < 1.29 is 9.18 Å². The Bertz CT molecular complexity index is 1500. The lowest BCUT2D eigenvalue weighted by Gasteiger charge is -2.16. The minimum atomic E-state index is -0.331. The summed E-state index contributed by atoms with van der Waals surface area (Å²) < 4.78 is 18.4. The van der Waals surface area contributed by atoms with Crippen LogP contribution in [0.2, 0.25) is 0 Å². The maximum Gasteiger partial charge on any atom is 0.271 e. The number of nitrogens with zero attached hydrogens (tertiary/aromatic N) is 6. The van der Waals surface area contributed by atoms with Crippen LogP contribution in [0.25, 0.3) is 27.7 Å². The third kappa shape index (κ3) is 2.79. The highest BCUT2D eigenvalue weighted by Gasteiger charge is 2.30. The molecule has 0 N–H and O–H groups in total. The predicted octanol–water partition coefficient (Wildman–Crippen LogP) is 3.58. The highest BCUT2D eigenvalue weighted by atomic mass is 19.1. The van der Waals surface area contributed by atoms with Gasteiger partial charge < -0.3 is 4.90 Å². The Balaban J connectivity index is 1.29. The first-order valence-electron chi connectivity index (χ1n) is 9.90. The van der Waals surface area contributed by atoms with Crippen LogP contribution in [0.3, 0.4) is 0 Å². The average Bonchev–Trinajstić information content (AvgIpc) is 3.45. The van der Waals surface area contributed by atoms with Gasteiger partial charge in [0, 0.05) is 42.8 Å². The zero-order chi connectivity index (χ0) is 21.1. The summed E-state index contributed by atoms with van der Waals surface area (Å²) in [7, 11) is 1.88. The SMILES string of the molecule is Cn1cc2cc(-c3ccc(CN4Cc5ccc6nncn6c5C4=O)c(F)c3)ccc2n1. The number of rotatable bonds is 3. The number of aryl methyl sites for hydroxylation is 1. The molecule has 4 heterocycles. The number of halogens is 1. The fourth-order valence-corrected chi connectivity index (χ4v) is 4.25. The summed E-state index contributed by atoms with van der Waals surface area (Å²) in [5.41, 5.74) is 5.14. The first kappa shape index (κ1) is 17.8. The molecule has 5 aromatic rings. The lowest BCUT2D eigenvalue weighted by Crippen LogP contribution is -2.24. The molecule has 0 aliphatic carbocycles. The molecular weight excluding hydrogens is 395 g/mol. The molecule has 152 valence electrons. The van der Waals surface area contributed by atoms with Crippen molar-refractivity contribution in [2.75, 3.05) is 0 Å². The topological polar surface area (TPSA) is 68.3 Å². The zero-order valence-corrected chi connectivity index (χ0v) is 16.7. The molecular formula is C23H17FN6O. The molecule has 8 heteroatoms.